The van der Waals surface area contributed by atoms with Crippen LogP contribution in [0.15, 0.2) is 0 Å². The van der Waals surface area contributed by atoms with Gasteiger partial charge in [0, 0.05) is 19.6 Å². The highest BCUT2D eigenvalue weighted by Gasteiger charge is 2.21. The highest BCUT2D eigenvalue weighted by Crippen LogP contribution is 2.13. The third-order valence-corrected chi connectivity index (χ3v) is 3.65. The van der Waals surface area contributed by atoms with Crippen molar-refractivity contribution in [2.45, 2.75) is 26.7 Å². The van der Waals surface area contributed by atoms with Gasteiger partial charge in [-0.3, -0.25) is 4.79 Å². The summed E-state index contributed by atoms with van der Waals surface area (Å²) in [6.07, 6.45) is 1.67. The zero-order valence-corrected chi connectivity index (χ0v) is 12.7. The van der Waals surface area contributed by atoms with Crippen molar-refractivity contribution in [3.63, 3.8) is 0 Å². The molecule has 2 unspecified atom stereocenters. The molecule has 6 heteroatoms. The zero-order chi connectivity index (χ0) is 15.1. The van der Waals surface area contributed by atoms with Gasteiger partial charge in [0.05, 0.1) is 5.92 Å². The Morgan fingerprint density at radius 2 is 2.05 bits per heavy atom. The standard InChI is InChI=1S/C14H27N3O3/c1-10(2)6-12(13(18)19)8-16-14(20)15-7-11-4-5-17(3)9-11/h10-12H,4-9H2,1-3H3,(H,18,19)(H2,15,16,20). The number of likely N-dealkylation sites (tertiary alicyclic amines) is 1. The maximum Gasteiger partial charge on any atom is 0.314 e. The van der Waals surface area contributed by atoms with E-state index in [-0.39, 0.29) is 12.6 Å². The monoisotopic (exact) mass is 285 g/mol. The predicted octanol–water partition coefficient (Wildman–Crippen LogP) is 0.984. The molecule has 1 fully saturated rings. The molecule has 0 bridgehead atoms. The number of carbonyl (C=O) groups is 2. The summed E-state index contributed by atoms with van der Waals surface area (Å²) in [5, 5.41) is 14.6. The van der Waals surface area contributed by atoms with Gasteiger partial charge < -0.3 is 20.6 Å². The quantitative estimate of drug-likeness (QED) is 0.651. The van der Waals surface area contributed by atoms with E-state index in [2.05, 4.69) is 22.6 Å². The largest absolute Gasteiger partial charge is 0.481 e. The molecule has 0 aromatic rings. The Morgan fingerprint density at radius 3 is 2.55 bits per heavy atom. The van der Waals surface area contributed by atoms with Gasteiger partial charge in [-0.1, -0.05) is 13.8 Å². The lowest BCUT2D eigenvalue weighted by atomic mass is 9.97. The van der Waals surface area contributed by atoms with Crippen LogP contribution in [0, 0.1) is 17.8 Å². The average molecular weight is 285 g/mol. The third kappa shape index (κ3) is 6.23. The summed E-state index contributed by atoms with van der Waals surface area (Å²) in [7, 11) is 2.07. The van der Waals surface area contributed by atoms with Crippen molar-refractivity contribution in [1.82, 2.24) is 15.5 Å². The number of nitrogens with zero attached hydrogens (tertiary/aromatic N) is 1. The number of rotatable bonds is 7. The molecule has 2 atom stereocenters. The Hall–Kier alpha value is -1.30. The van der Waals surface area contributed by atoms with Crippen molar-refractivity contribution in [2.75, 3.05) is 33.2 Å². The van der Waals surface area contributed by atoms with Crippen LogP contribution in [0.25, 0.3) is 0 Å². The van der Waals surface area contributed by atoms with E-state index in [4.69, 9.17) is 5.11 Å². The normalized spacial score (nSPS) is 20.9. The average Bonchev–Trinajstić information content (AvgIpc) is 2.77. The van der Waals surface area contributed by atoms with E-state index in [0.717, 1.165) is 19.5 Å². The Labute approximate surface area is 120 Å². The van der Waals surface area contributed by atoms with Gasteiger partial charge in [0.2, 0.25) is 0 Å². The fraction of sp³-hybridized carbons (Fsp3) is 0.857. The van der Waals surface area contributed by atoms with E-state index in [9.17, 15) is 9.59 Å². The van der Waals surface area contributed by atoms with Crippen LogP contribution in [0.5, 0.6) is 0 Å². The molecule has 1 aliphatic rings. The van der Waals surface area contributed by atoms with Crippen molar-refractivity contribution >= 4 is 12.0 Å². The second kappa shape index (κ2) is 8.09. The van der Waals surface area contributed by atoms with Gasteiger partial charge in [-0.25, -0.2) is 4.79 Å². The summed E-state index contributed by atoms with van der Waals surface area (Å²) in [5.74, 6) is -0.568. The maximum atomic E-state index is 11.7. The lowest BCUT2D eigenvalue weighted by molar-refractivity contribution is -0.142. The van der Waals surface area contributed by atoms with Gasteiger partial charge in [-0.15, -0.1) is 0 Å². The molecule has 0 radical (unpaired) electrons. The molecule has 116 valence electrons. The van der Waals surface area contributed by atoms with Crippen molar-refractivity contribution in [3.05, 3.63) is 0 Å². The molecule has 0 saturated carbocycles. The SMILES string of the molecule is CC(C)CC(CNC(=O)NCC1CCN(C)C1)C(=O)O. The number of hydrogen-bond donors (Lipinski definition) is 3. The molecule has 3 N–H and O–H groups in total. The molecular weight excluding hydrogens is 258 g/mol. The molecule has 6 nitrogen and oxygen atoms in total. The number of nitrogens with one attached hydrogen (secondary N) is 2. The van der Waals surface area contributed by atoms with Crippen LogP contribution in [0.3, 0.4) is 0 Å². The third-order valence-electron chi connectivity index (χ3n) is 3.65. The van der Waals surface area contributed by atoms with E-state index >= 15 is 0 Å². The van der Waals surface area contributed by atoms with Crippen LogP contribution in [0.2, 0.25) is 0 Å². The van der Waals surface area contributed by atoms with Gasteiger partial charge in [-0.05, 0) is 38.3 Å². The van der Waals surface area contributed by atoms with Crippen LogP contribution in [-0.4, -0.2) is 55.2 Å². The van der Waals surface area contributed by atoms with Crippen molar-refractivity contribution < 1.29 is 14.7 Å². The van der Waals surface area contributed by atoms with Crippen LogP contribution >= 0.6 is 0 Å². The number of carbonyl (C=O) groups excluding carboxylic acids is 1. The smallest absolute Gasteiger partial charge is 0.314 e. The molecule has 0 spiro atoms. The number of aliphatic carboxylic acids is 1. The molecule has 1 aliphatic heterocycles. The van der Waals surface area contributed by atoms with E-state index in [1.54, 1.807) is 0 Å². The topological polar surface area (TPSA) is 81.7 Å². The van der Waals surface area contributed by atoms with Crippen LogP contribution in [0.1, 0.15) is 26.7 Å². The van der Waals surface area contributed by atoms with Gasteiger partial charge in [0.15, 0.2) is 0 Å². The molecule has 20 heavy (non-hydrogen) atoms. The van der Waals surface area contributed by atoms with E-state index < -0.39 is 11.9 Å². The van der Waals surface area contributed by atoms with Gasteiger partial charge in [0.25, 0.3) is 0 Å². The number of urea groups is 1. The molecule has 1 heterocycles. The molecular formula is C14H27N3O3. The molecule has 2 amide bonds. The molecule has 0 aromatic heterocycles. The summed E-state index contributed by atoms with van der Waals surface area (Å²) in [4.78, 5) is 25.0. The minimum absolute atomic E-state index is 0.184. The first kappa shape index (κ1) is 16.8. The summed E-state index contributed by atoms with van der Waals surface area (Å²) < 4.78 is 0. The maximum absolute atomic E-state index is 11.7. The highest BCUT2D eigenvalue weighted by molar-refractivity contribution is 5.75. The Morgan fingerprint density at radius 1 is 1.35 bits per heavy atom. The first-order valence-corrected chi connectivity index (χ1v) is 7.31. The lowest BCUT2D eigenvalue weighted by Gasteiger charge is -2.16. The first-order valence-electron chi connectivity index (χ1n) is 7.31. The Kier molecular flexibility index (Phi) is 6.78. The molecule has 1 saturated heterocycles. The Bertz CT molecular complexity index is 334. The lowest BCUT2D eigenvalue weighted by Crippen LogP contribution is -2.42. The summed E-state index contributed by atoms with van der Waals surface area (Å²) in [6.45, 7) is 6.87. The van der Waals surface area contributed by atoms with Gasteiger partial charge in [0.1, 0.15) is 0 Å². The first-order chi connectivity index (χ1) is 9.38. The number of carboxylic acid groups (broad SMARTS) is 1. The minimum atomic E-state index is -0.851. The summed E-state index contributed by atoms with van der Waals surface area (Å²) >= 11 is 0. The molecule has 0 aliphatic carbocycles. The van der Waals surface area contributed by atoms with E-state index in [1.165, 1.54) is 0 Å². The second-order valence-electron chi connectivity index (χ2n) is 6.17. The van der Waals surface area contributed by atoms with Gasteiger partial charge >= 0.3 is 12.0 Å². The van der Waals surface area contributed by atoms with Crippen molar-refractivity contribution in [3.8, 4) is 0 Å². The predicted molar refractivity (Wildman–Crippen MR) is 77.6 cm³/mol. The molecule has 0 aromatic carbocycles. The van der Waals surface area contributed by atoms with Crippen LogP contribution in [0.4, 0.5) is 4.79 Å². The van der Waals surface area contributed by atoms with Crippen LogP contribution < -0.4 is 10.6 Å². The second-order valence-corrected chi connectivity index (χ2v) is 6.17. The fourth-order valence-corrected chi connectivity index (χ4v) is 2.55. The minimum Gasteiger partial charge on any atom is -0.481 e. The fourth-order valence-electron chi connectivity index (χ4n) is 2.55. The molecule has 1 rings (SSSR count). The number of carboxylic acids is 1. The number of hydrogen-bond acceptors (Lipinski definition) is 3. The van der Waals surface area contributed by atoms with Crippen molar-refractivity contribution in [2.24, 2.45) is 17.8 Å². The summed E-state index contributed by atoms with van der Waals surface area (Å²) in [5.41, 5.74) is 0. The van der Waals surface area contributed by atoms with E-state index in [1.807, 2.05) is 13.8 Å². The number of amides is 2. The zero-order valence-electron chi connectivity index (χ0n) is 12.7. The van der Waals surface area contributed by atoms with E-state index in [0.29, 0.717) is 24.8 Å². The van der Waals surface area contributed by atoms with Crippen molar-refractivity contribution in [1.29, 1.82) is 0 Å². The van der Waals surface area contributed by atoms with Gasteiger partial charge in [-0.2, -0.15) is 0 Å². The Balaban J connectivity index is 2.22. The summed E-state index contributed by atoms with van der Waals surface area (Å²) in [6, 6.07) is -0.269. The highest BCUT2D eigenvalue weighted by atomic mass is 16.4. The van der Waals surface area contributed by atoms with Crippen LogP contribution in [-0.2, 0) is 4.79 Å².